The lowest BCUT2D eigenvalue weighted by molar-refractivity contribution is -0.384. The first-order valence-electron chi connectivity index (χ1n) is 4.29. The molecule has 8 heteroatoms. The highest BCUT2D eigenvalue weighted by atomic mass is 32.2. The molecule has 0 spiro atoms. The third-order valence-corrected chi connectivity index (χ3v) is 3.26. The molecular weight excluding hydrogens is 250 g/mol. The van der Waals surface area contributed by atoms with Crippen LogP contribution in [0.15, 0.2) is 40.5 Å². The number of rotatable bonds is 4. The van der Waals surface area contributed by atoms with Crippen LogP contribution in [0.25, 0.3) is 0 Å². The maximum atomic E-state index is 11.6. The van der Waals surface area contributed by atoms with E-state index in [0.29, 0.717) is 5.41 Å². The Labute approximate surface area is 97.0 Å². The van der Waals surface area contributed by atoms with Gasteiger partial charge < -0.3 is 9.84 Å². The third kappa shape index (κ3) is 3.18. The lowest BCUT2D eigenvalue weighted by Gasteiger charge is -2.08. The molecule has 0 aliphatic heterocycles. The minimum atomic E-state index is -3.94. The van der Waals surface area contributed by atoms with Gasteiger partial charge in [0.25, 0.3) is 5.69 Å². The summed E-state index contributed by atoms with van der Waals surface area (Å²) >= 11 is 0. The van der Waals surface area contributed by atoms with E-state index in [1.165, 1.54) is 0 Å². The zero-order chi connectivity index (χ0) is 13.1. The molecule has 0 aliphatic rings. The van der Waals surface area contributed by atoms with Gasteiger partial charge in [0, 0.05) is 12.1 Å². The molecule has 0 saturated carbocycles. The van der Waals surface area contributed by atoms with Crippen molar-refractivity contribution in [3.05, 3.63) is 45.7 Å². The fourth-order valence-electron chi connectivity index (χ4n) is 1.00. The highest BCUT2D eigenvalue weighted by Gasteiger charge is 2.13. The van der Waals surface area contributed by atoms with Gasteiger partial charge in [0.2, 0.25) is 9.84 Å². The minimum absolute atomic E-state index is 0.214. The number of nitro benzene ring substituents is 1. The van der Waals surface area contributed by atoms with Gasteiger partial charge in [0.1, 0.15) is 0 Å². The number of ether oxygens (including phenoxy) is 1. The van der Waals surface area contributed by atoms with Gasteiger partial charge in [-0.3, -0.25) is 10.1 Å². The average Bonchev–Trinajstić information content (AvgIpc) is 2.28. The van der Waals surface area contributed by atoms with Crippen LogP contribution in [0.3, 0.4) is 0 Å². The summed E-state index contributed by atoms with van der Waals surface area (Å²) in [6, 6.07) is 4.18. The normalized spacial score (nSPS) is 12.2. The number of non-ortho nitro benzene ring substituents is 1. The lowest BCUT2D eigenvalue weighted by Crippen LogP contribution is -2.09. The Morgan fingerprint density at radius 3 is 2.29 bits per heavy atom. The summed E-state index contributed by atoms with van der Waals surface area (Å²) in [7, 11) is -2.89. The van der Waals surface area contributed by atoms with Crippen molar-refractivity contribution in [1.29, 1.82) is 0 Å². The summed E-state index contributed by atoms with van der Waals surface area (Å²) in [4.78, 5) is 9.49. The summed E-state index contributed by atoms with van der Waals surface area (Å²) in [5.41, 5.74) is -0.234. The van der Waals surface area contributed by atoms with E-state index in [-0.39, 0.29) is 10.6 Å². The number of benzene rings is 1. The molecule has 1 rings (SSSR count). The van der Waals surface area contributed by atoms with E-state index in [2.05, 4.69) is 4.74 Å². The minimum Gasteiger partial charge on any atom is -0.616 e. The summed E-state index contributed by atoms with van der Waals surface area (Å²) in [5, 5.41) is 21.6. The molecule has 1 aromatic rings. The second-order valence-electron chi connectivity index (χ2n) is 2.94. The zero-order valence-electron chi connectivity index (χ0n) is 8.69. The van der Waals surface area contributed by atoms with E-state index >= 15 is 0 Å². The van der Waals surface area contributed by atoms with Gasteiger partial charge in [-0.05, 0) is 19.2 Å². The topological polar surface area (TPSA) is 110 Å². The molecule has 0 aromatic heterocycles. The van der Waals surface area contributed by atoms with E-state index in [9.17, 15) is 23.6 Å². The quantitative estimate of drug-likeness (QED) is 0.432. The fourth-order valence-corrected chi connectivity index (χ4v) is 2.00. The molecule has 0 radical (unpaired) electrons. The Balaban J connectivity index is 3.13. The highest BCUT2D eigenvalue weighted by Crippen LogP contribution is 2.17. The van der Waals surface area contributed by atoms with Gasteiger partial charge in [-0.1, -0.05) is 0 Å². The molecule has 0 fully saturated rings. The third-order valence-electron chi connectivity index (χ3n) is 1.83. The maximum absolute atomic E-state index is 11.6. The van der Waals surface area contributed by atoms with Crippen LogP contribution in [0.1, 0.15) is 0 Å². The first-order valence-corrected chi connectivity index (χ1v) is 5.83. The van der Waals surface area contributed by atoms with E-state index in [0.717, 1.165) is 31.4 Å². The van der Waals surface area contributed by atoms with Gasteiger partial charge >= 0.3 is 0 Å². The molecule has 0 saturated heterocycles. The first kappa shape index (κ1) is 13.0. The summed E-state index contributed by atoms with van der Waals surface area (Å²) < 4.78 is 27.3. The van der Waals surface area contributed by atoms with Crippen LogP contribution in [0, 0.1) is 10.1 Å². The van der Waals surface area contributed by atoms with Crippen molar-refractivity contribution in [2.75, 3.05) is 7.11 Å². The Morgan fingerprint density at radius 2 is 1.88 bits per heavy atom. The number of methoxy groups -OCH3 is 1. The van der Waals surface area contributed by atoms with Crippen molar-refractivity contribution in [3.63, 3.8) is 0 Å². The van der Waals surface area contributed by atoms with Gasteiger partial charge in [0.15, 0.2) is 0 Å². The van der Waals surface area contributed by atoms with Crippen molar-refractivity contribution >= 4 is 15.5 Å². The van der Waals surface area contributed by atoms with E-state index in [4.69, 9.17) is 0 Å². The largest absolute Gasteiger partial charge is 0.616 e. The van der Waals surface area contributed by atoms with Crippen LogP contribution < -0.4 is 5.11 Å². The molecule has 92 valence electrons. The smallest absolute Gasteiger partial charge is 0.269 e. The van der Waals surface area contributed by atoms with Crippen LogP contribution in [0.4, 0.5) is 5.69 Å². The van der Waals surface area contributed by atoms with Crippen molar-refractivity contribution in [2.45, 2.75) is 4.90 Å². The maximum Gasteiger partial charge on any atom is 0.269 e. The van der Waals surface area contributed by atoms with Crippen LogP contribution in [-0.2, 0) is 14.6 Å². The van der Waals surface area contributed by atoms with Crippen LogP contribution >= 0.6 is 0 Å². The molecule has 0 N–H and O–H groups in total. The molecule has 17 heavy (non-hydrogen) atoms. The van der Waals surface area contributed by atoms with Crippen molar-refractivity contribution in [2.24, 2.45) is 0 Å². The Kier molecular flexibility index (Phi) is 3.69. The summed E-state index contributed by atoms with van der Waals surface area (Å²) in [6.45, 7) is 0. The van der Waals surface area contributed by atoms with E-state index < -0.39 is 20.7 Å². The van der Waals surface area contributed by atoms with Gasteiger partial charge in [-0.2, -0.15) is 0 Å². The monoisotopic (exact) mass is 258 g/mol. The number of sulfone groups is 1. The second kappa shape index (κ2) is 4.83. The molecule has 7 nitrogen and oxygen atoms in total. The standard InChI is InChI=1S/C9H9NO6S/c1-16-9(11)6-17(14,15)8-4-2-7(3-5-8)10(12)13/h2-6,11H,1H3/p-1/b9-6+. The number of hydrogen-bond acceptors (Lipinski definition) is 6. The molecule has 0 heterocycles. The van der Waals surface area contributed by atoms with Gasteiger partial charge in [-0.25, -0.2) is 8.42 Å². The number of hydrogen-bond donors (Lipinski definition) is 0. The Morgan fingerprint density at radius 1 is 1.35 bits per heavy atom. The fraction of sp³-hybridized carbons (Fsp3) is 0.111. The number of nitro groups is 1. The molecule has 1 aromatic carbocycles. The summed E-state index contributed by atoms with van der Waals surface area (Å²) in [6.07, 6.45) is 0. The first-order chi connectivity index (χ1) is 7.86. The molecule has 0 atom stereocenters. The van der Waals surface area contributed by atoms with Crippen molar-refractivity contribution < 1.29 is 23.2 Å². The van der Waals surface area contributed by atoms with E-state index in [1.54, 1.807) is 0 Å². The zero-order valence-corrected chi connectivity index (χ0v) is 9.51. The molecule has 0 aliphatic carbocycles. The predicted molar refractivity (Wildman–Crippen MR) is 55.4 cm³/mol. The summed E-state index contributed by atoms with van der Waals surface area (Å²) in [5.74, 6) is -1.01. The van der Waals surface area contributed by atoms with Crippen molar-refractivity contribution in [1.82, 2.24) is 0 Å². The van der Waals surface area contributed by atoms with Crippen LogP contribution in [-0.4, -0.2) is 20.5 Å². The van der Waals surface area contributed by atoms with E-state index in [1.807, 2.05) is 0 Å². The molecule has 0 amide bonds. The highest BCUT2D eigenvalue weighted by molar-refractivity contribution is 7.94. The SMILES string of the molecule is CO/C([O-])=C/S(=O)(=O)c1ccc([N+](=O)[O-])cc1. The van der Waals surface area contributed by atoms with Crippen LogP contribution in [0.5, 0.6) is 0 Å². The second-order valence-corrected chi connectivity index (χ2v) is 4.73. The average molecular weight is 258 g/mol. The Bertz CT molecular complexity index is 545. The Hall–Kier alpha value is -2.09. The van der Waals surface area contributed by atoms with Gasteiger partial charge in [0.05, 0.1) is 21.2 Å². The molecular formula is C9H8NO6S-. The van der Waals surface area contributed by atoms with Crippen LogP contribution in [0.2, 0.25) is 0 Å². The molecule has 0 unspecified atom stereocenters. The van der Waals surface area contributed by atoms with Crippen molar-refractivity contribution in [3.8, 4) is 0 Å². The van der Waals surface area contributed by atoms with Gasteiger partial charge in [-0.15, -0.1) is 0 Å². The lowest BCUT2D eigenvalue weighted by atomic mass is 10.3. The molecule has 0 bridgehead atoms. The number of nitrogens with zero attached hydrogens (tertiary/aromatic N) is 1. The predicted octanol–water partition coefficient (Wildman–Crippen LogP) is 0.174.